The van der Waals surface area contributed by atoms with Crippen LogP contribution in [0.5, 0.6) is 0 Å². The van der Waals surface area contributed by atoms with Gasteiger partial charge in [-0.15, -0.1) is 0 Å². The summed E-state index contributed by atoms with van der Waals surface area (Å²) in [6, 6.07) is 7.48. The molecule has 2 N–H and O–H groups in total. The van der Waals surface area contributed by atoms with Crippen LogP contribution in [0.15, 0.2) is 24.3 Å². The van der Waals surface area contributed by atoms with E-state index in [1.54, 1.807) is 4.90 Å². The van der Waals surface area contributed by atoms with Gasteiger partial charge in [0.1, 0.15) is 0 Å². The number of carbonyl (C=O) groups excluding carboxylic acids is 1. The molecule has 0 saturated carbocycles. The van der Waals surface area contributed by atoms with E-state index in [1.807, 2.05) is 38.1 Å². The average molecular weight is 299 g/mol. The van der Waals surface area contributed by atoms with Gasteiger partial charge in [-0.3, -0.25) is 4.79 Å². The van der Waals surface area contributed by atoms with E-state index in [0.29, 0.717) is 29.5 Å². The lowest BCUT2D eigenvalue weighted by molar-refractivity contribution is -0.135. The lowest BCUT2D eigenvalue weighted by atomic mass is 10.1. The first-order valence-corrected chi connectivity index (χ1v) is 7.00. The smallest absolute Gasteiger partial charge is 0.225 e. The van der Waals surface area contributed by atoms with Crippen molar-refractivity contribution < 1.29 is 4.79 Å². The van der Waals surface area contributed by atoms with Crippen molar-refractivity contribution in [3.05, 3.63) is 34.9 Å². The molecule has 0 radical (unpaired) electrons. The van der Waals surface area contributed by atoms with Gasteiger partial charge in [-0.05, 0) is 17.7 Å². The Labute approximate surface area is 124 Å². The summed E-state index contributed by atoms with van der Waals surface area (Å²) in [4.78, 5) is 14.4. The van der Waals surface area contributed by atoms with E-state index in [9.17, 15) is 4.79 Å². The highest BCUT2D eigenvalue weighted by atomic mass is 35.5. The Hall–Kier alpha value is -1.13. The number of amides is 1. The Morgan fingerprint density at radius 2 is 1.95 bits per heavy atom. The Kier molecular flexibility index (Phi) is 6.25. The lowest BCUT2D eigenvalue weighted by Crippen LogP contribution is -2.36. The van der Waals surface area contributed by atoms with Gasteiger partial charge in [0.25, 0.3) is 0 Å². The second kappa shape index (κ2) is 7.46. The fourth-order valence-corrected chi connectivity index (χ4v) is 1.90. The Balaban J connectivity index is 2.75. The van der Waals surface area contributed by atoms with Crippen LogP contribution >= 0.6 is 23.8 Å². The molecule has 0 heterocycles. The first kappa shape index (κ1) is 15.9. The van der Waals surface area contributed by atoms with Gasteiger partial charge in [0.05, 0.1) is 4.99 Å². The predicted octanol–water partition coefficient (Wildman–Crippen LogP) is 3.00. The van der Waals surface area contributed by atoms with Gasteiger partial charge in [0.15, 0.2) is 0 Å². The van der Waals surface area contributed by atoms with Crippen molar-refractivity contribution in [1.29, 1.82) is 0 Å². The number of hydrogen-bond acceptors (Lipinski definition) is 2. The minimum atomic E-state index is -0.0429. The third kappa shape index (κ3) is 5.57. The number of nitrogens with zero attached hydrogens (tertiary/aromatic N) is 1. The summed E-state index contributed by atoms with van der Waals surface area (Å²) < 4.78 is 0. The van der Waals surface area contributed by atoms with E-state index in [4.69, 9.17) is 29.6 Å². The van der Waals surface area contributed by atoms with Crippen molar-refractivity contribution in [2.75, 3.05) is 6.54 Å². The molecule has 0 atom stereocenters. The molecule has 1 aromatic rings. The van der Waals surface area contributed by atoms with Crippen molar-refractivity contribution in [3.8, 4) is 0 Å². The number of halogens is 1. The largest absolute Gasteiger partial charge is 0.393 e. The average Bonchev–Trinajstić information content (AvgIpc) is 2.35. The van der Waals surface area contributed by atoms with E-state index in [0.717, 1.165) is 5.56 Å². The molecule has 0 spiro atoms. The predicted molar refractivity (Wildman–Crippen MR) is 83.1 cm³/mol. The summed E-state index contributed by atoms with van der Waals surface area (Å²) in [5, 5.41) is 0.689. The van der Waals surface area contributed by atoms with Gasteiger partial charge in [-0.1, -0.05) is 49.8 Å². The molecular formula is C14H19ClN2OS. The third-order valence-electron chi connectivity index (χ3n) is 2.72. The molecule has 0 saturated heterocycles. The first-order valence-electron chi connectivity index (χ1n) is 6.21. The molecular weight excluding hydrogens is 280 g/mol. The zero-order valence-corrected chi connectivity index (χ0v) is 12.8. The van der Waals surface area contributed by atoms with E-state index in [1.165, 1.54) is 0 Å². The second-order valence-corrected chi connectivity index (χ2v) is 5.72. The van der Waals surface area contributed by atoms with Crippen molar-refractivity contribution >= 4 is 34.7 Å². The summed E-state index contributed by atoms with van der Waals surface area (Å²) in [5.74, 6) is 0.0600. The van der Waals surface area contributed by atoms with Gasteiger partial charge in [0.2, 0.25) is 5.91 Å². The highest BCUT2D eigenvalue weighted by Gasteiger charge is 2.17. The van der Waals surface area contributed by atoms with E-state index in [-0.39, 0.29) is 11.8 Å². The monoisotopic (exact) mass is 298 g/mol. The second-order valence-electron chi connectivity index (χ2n) is 4.76. The number of hydrogen-bond donors (Lipinski definition) is 1. The molecule has 0 bridgehead atoms. The van der Waals surface area contributed by atoms with Crippen LogP contribution in [0.3, 0.4) is 0 Å². The maximum atomic E-state index is 12.1. The fourth-order valence-electron chi connectivity index (χ4n) is 1.69. The molecule has 0 aliphatic rings. The number of thiocarbonyl (C=S) groups is 1. The quantitative estimate of drug-likeness (QED) is 0.821. The van der Waals surface area contributed by atoms with Gasteiger partial charge in [-0.2, -0.15) is 0 Å². The molecule has 0 aliphatic carbocycles. The van der Waals surface area contributed by atoms with Crippen LogP contribution in [0.4, 0.5) is 0 Å². The molecule has 1 rings (SSSR count). The summed E-state index contributed by atoms with van der Waals surface area (Å²) in [7, 11) is 0. The van der Waals surface area contributed by atoms with Gasteiger partial charge in [0, 0.05) is 30.5 Å². The SMILES string of the molecule is CC(C)C(=O)N(CCC(N)=S)Cc1ccc(Cl)cc1. The molecule has 1 amide bonds. The third-order valence-corrected chi connectivity index (χ3v) is 3.18. The van der Waals surface area contributed by atoms with Crippen LogP contribution in [0.2, 0.25) is 5.02 Å². The minimum absolute atomic E-state index is 0.0429. The number of rotatable bonds is 6. The fraction of sp³-hybridized carbons (Fsp3) is 0.429. The van der Waals surface area contributed by atoms with Crippen molar-refractivity contribution in [3.63, 3.8) is 0 Å². The van der Waals surface area contributed by atoms with Crippen LogP contribution in [0, 0.1) is 5.92 Å². The van der Waals surface area contributed by atoms with E-state index >= 15 is 0 Å². The van der Waals surface area contributed by atoms with Crippen LogP contribution in [-0.4, -0.2) is 22.3 Å². The Bertz CT molecular complexity index is 445. The molecule has 104 valence electrons. The molecule has 0 aromatic heterocycles. The van der Waals surface area contributed by atoms with Crippen molar-refractivity contribution in [2.45, 2.75) is 26.8 Å². The number of nitrogens with two attached hydrogens (primary N) is 1. The topological polar surface area (TPSA) is 46.3 Å². The summed E-state index contributed by atoms with van der Waals surface area (Å²) >= 11 is 10.7. The van der Waals surface area contributed by atoms with Crippen LogP contribution < -0.4 is 5.73 Å². The highest BCUT2D eigenvalue weighted by Crippen LogP contribution is 2.13. The maximum Gasteiger partial charge on any atom is 0.225 e. The van der Waals surface area contributed by atoms with Gasteiger partial charge in [-0.25, -0.2) is 0 Å². The molecule has 0 fully saturated rings. The molecule has 0 aliphatic heterocycles. The lowest BCUT2D eigenvalue weighted by Gasteiger charge is -2.24. The normalized spacial score (nSPS) is 10.5. The Morgan fingerprint density at radius 1 is 1.37 bits per heavy atom. The summed E-state index contributed by atoms with van der Waals surface area (Å²) in [5.41, 5.74) is 6.55. The zero-order valence-electron chi connectivity index (χ0n) is 11.2. The maximum absolute atomic E-state index is 12.1. The molecule has 3 nitrogen and oxygen atoms in total. The molecule has 1 aromatic carbocycles. The first-order chi connectivity index (χ1) is 8.90. The van der Waals surface area contributed by atoms with Crippen LogP contribution in [-0.2, 0) is 11.3 Å². The van der Waals surface area contributed by atoms with Crippen molar-refractivity contribution in [1.82, 2.24) is 4.90 Å². The Morgan fingerprint density at radius 3 is 2.42 bits per heavy atom. The van der Waals surface area contributed by atoms with E-state index in [2.05, 4.69) is 0 Å². The van der Waals surface area contributed by atoms with Gasteiger partial charge >= 0.3 is 0 Å². The molecule has 5 heteroatoms. The van der Waals surface area contributed by atoms with Crippen LogP contribution in [0.1, 0.15) is 25.8 Å². The molecule has 0 unspecified atom stereocenters. The highest BCUT2D eigenvalue weighted by molar-refractivity contribution is 7.80. The number of benzene rings is 1. The zero-order chi connectivity index (χ0) is 14.4. The summed E-state index contributed by atoms with van der Waals surface area (Å²) in [6.45, 7) is 4.88. The van der Waals surface area contributed by atoms with E-state index < -0.39 is 0 Å². The standard InChI is InChI=1S/C14H19ClN2OS/c1-10(2)14(18)17(8-7-13(16)19)9-11-3-5-12(15)6-4-11/h3-6,10H,7-9H2,1-2H3,(H2,16,19). The summed E-state index contributed by atoms with van der Waals surface area (Å²) in [6.07, 6.45) is 0.543. The molecule has 19 heavy (non-hydrogen) atoms. The minimum Gasteiger partial charge on any atom is -0.393 e. The van der Waals surface area contributed by atoms with Crippen LogP contribution in [0.25, 0.3) is 0 Å². The van der Waals surface area contributed by atoms with Gasteiger partial charge < -0.3 is 10.6 Å². The van der Waals surface area contributed by atoms with Crippen molar-refractivity contribution in [2.24, 2.45) is 11.7 Å². The number of carbonyl (C=O) groups is 1.